The lowest BCUT2D eigenvalue weighted by Crippen LogP contribution is -2.55. The van der Waals surface area contributed by atoms with Gasteiger partial charge in [0.1, 0.15) is 0 Å². The fraction of sp³-hybridized carbons (Fsp3) is 1.00. The van der Waals surface area contributed by atoms with E-state index in [-0.39, 0.29) is 17.7 Å². The topological polar surface area (TPSA) is 56.5 Å². The summed E-state index contributed by atoms with van der Waals surface area (Å²) in [7, 11) is 1.79. The normalized spacial score (nSPS) is 29.8. The van der Waals surface area contributed by atoms with Crippen LogP contribution in [-0.2, 0) is 9.47 Å². The van der Waals surface area contributed by atoms with Crippen molar-refractivity contribution in [1.29, 1.82) is 0 Å². The summed E-state index contributed by atoms with van der Waals surface area (Å²) in [5, 5.41) is 0. The van der Waals surface area contributed by atoms with Gasteiger partial charge in [0.15, 0.2) is 0 Å². The van der Waals surface area contributed by atoms with E-state index in [1.165, 1.54) is 19.3 Å². The molecule has 1 heterocycles. The van der Waals surface area contributed by atoms with Gasteiger partial charge in [0.25, 0.3) is 0 Å². The van der Waals surface area contributed by atoms with Gasteiger partial charge in [-0.15, -0.1) is 0 Å². The zero-order valence-corrected chi connectivity index (χ0v) is 11.8. The molecule has 0 aromatic rings. The van der Waals surface area contributed by atoms with Gasteiger partial charge >= 0.3 is 0 Å². The van der Waals surface area contributed by atoms with Gasteiger partial charge in [-0.25, -0.2) is 0 Å². The second-order valence-electron chi connectivity index (χ2n) is 5.89. The first kappa shape index (κ1) is 14.3. The van der Waals surface area contributed by atoms with Gasteiger partial charge in [0, 0.05) is 13.7 Å². The van der Waals surface area contributed by atoms with Crippen molar-refractivity contribution in [3.8, 4) is 0 Å². The molecule has 1 spiro atoms. The van der Waals surface area contributed by atoms with E-state index < -0.39 is 0 Å². The monoisotopic (exact) mass is 256 g/mol. The molecule has 4 heteroatoms. The average Bonchev–Trinajstić information content (AvgIpc) is 2.37. The van der Waals surface area contributed by atoms with E-state index in [0.29, 0.717) is 5.92 Å². The summed E-state index contributed by atoms with van der Waals surface area (Å²) in [6, 6.07) is 0.260. The Hall–Kier alpha value is -0.160. The Morgan fingerprint density at radius 3 is 2.78 bits per heavy atom. The number of methoxy groups -OCH3 is 1. The molecule has 0 bridgehead atoms. The molecule has 0 radical (unpaired) electrons. The molecule has 1 aliphatic heterocycles. The van der Waals surface area contributed by atoms with Crippen LogP contribution in [0.5, 0.6) is 0 Å². The number of hydrogen-bond acceptors (Lipinski definition) is 4. The van der Waals surface area contributed by atoms with Gasteiger partial charge in [0.05, 0.1) is 17.7 Å². The maximum absolute atomic E-state index is 5.99. The molecule has 4 nitrogen and oxygen atoms in total. The third-order valence-electron chi connectivity index (χ3n) is 4.77. The minimum absolute atomic E-state index is 0.183. The first-order chi connectivity index (χ1) is 8.74. The molecule has 0 aromatic heterocycles. The van der Waals surface area contributed by atoms with Crippen LogP contribution < -0.4 is 11.3 Å². The molecule has 1 saturated heterocycles. The molecule has 3 unspecified atom stereocenters. The Labute approximate surface area is 111 Å². The Bertz CT molecular complexity index is 256. The van der Waals surface area contributed by atoms with Crippen LogP contribution in [-0.4, -0.2) is 31.5 Å². The molecule has 1 aliphatic carbocycles. The van der Waals surface area contributed by atoms with Crippen molar-refractivity contribution in [3.63, 3.8) is 0 Å². The standard InChI is InChI=1S/C14H28N2O2/c1-3-5-12(17-2)13(16-15)11-6-9-18-14(10-11)7-4-8-14/h11-13,16H,3-10,15H2,1-2H3. The van der Waals surface area contributed by atoms with E-state index in [1.807, 2.05) is 0 Å². The molecule has 1 saturated carbocycles. The third-order valence-corrected chi connectivity index (χ3v) is 4.77. The van der Waals surface area contributed by atoms with Crippen molar-refractivity contribution in [2.75, 3.05) is 13.7 Å². The van der Waals surface area contributed by atoms with E-state index >= 15 is 0 Å². The van der Waals surface area contributed by atoms with Crippen LogP contribution in [0.15, 0.2) is 0 Å². The van der Waals surface area contributed by atoms with Crippen molar-refractivity contribution in [2.45, 2.75) is 69.6 Å². The molecule has 0 aromatic carbocycles. The number of hydrogen-bond donors (Lipinski definition) is 2. The summed E-state index contributed by atoms with van der Waals surface area (Å²) < 4.78 is 11.6. The van der Waals surface area contributed by atoms with Crippen LogP contribution in [0.25, 0.3) is 0 Å². The van der Waals surface area contributed by atoms with E-state index in [1.54, 1.807) is 7.11 Å². The maximum Gasteiger partial charge on any atom is 0.0740 e. The van der Waals surface area contributed by atoms with E-state index in [0.717, 1.165) is 32.3 Å². The van der Waals surface area contributed by atoms with Gasteiger partial charge in [-0.05, 0) is 44.4 Å². The Morgan fingerprint density at radius 1 is 1.50 bits per heavy atom. The zero-order chi connectivity index (χ0) is 13.0. The molecule has 106 valence electrons. The van der Waals surface area contributed by atoms with Gasteiger partial charge in [-0.2, -0.15) is 0 Å². The summed E-state index contributed by atoms with van der Waals surface area (Å²) in [6.45, 7) is 3.07. The van der Waals surface area contributed by atoms with Gasteiger partial charge < -0.3 is 9.47 Å². The minimum Gasteiger partial charge on any atom is -0.380 e. The lowest BCUT2D eigenvalue weighted by molar-refractivity contribution is -0.152. The molecule has 18 heavy (non-hydrogen) atoms. The average molecular weight is 256 g/mol. The number of nitrogens with one attached hydrogen (secondary N) is 1. The fourth-order valence-corrected chi connectivity index (χ4v) is 3.57. The van der Waals surface area contributed by atoms with Crippen LogP contribution in [0.2, 0.25) is 0 Å². The van der Waals surface area contributed by atoms with E-state index in [4.69, 9.17) is 15.3 Å². The summed E-state index contributed by atoms with van der Waals surface area (Å²) in [5.41, 5.74) is 3.20. The van der Waals surface area contributed by atoms with Gasteiger partial charge in [-0.3, -0.25) is 11.3 Å². The second kappa shape index (κ2) is 6.33. The molecule has 3 N–H and O–H groups in total. The largest absolute Gasteiger partial charge is 0.380 e. The highest BCUT2D eigenvalue weighted by molar-refractivity contribution is 4.97. The van der Waals surface area contributed by atoms with Crippen molar-refractivity contribution in [3.05, 3.63) is 0 Å². The van der Waals surface area contributed by atoms with E-state index in [2.05, 4.69) is 12.3 Å². The van der Waals surface area contributed by atoms with Crippen molar-refractivity contribution in [2.24, 2.45) is 11.8 Å². The van der Waals surface area contributed by atoms with Crippen molar-refractivity contribution < 1.29 is 9.47 Å². The third kappa shape index (κ3) is 2.87. The Morgan fingerprint density at radius 2 is 2.28 bits per heavy atom. The van der Waals surface area contributed by atoms with Crippen LogP contribution >= 0.6 is 0 Å². The second-order valence-corrected chi connectivity index (χ2v) is 5.89. The quantitative estimate of drug-likeness (QED) is 0.563. The Kier molecular flexibility index (Phi) is 5.01. The predicted octanol–water partition coefficient (Wildman–Crippen LogP) is 1.98. The van der Waals surface area contributed by atoms with Crippen molar-refractivity contribution in [1.82, 2.24) is 5.43 Å². The van der Waals surface area contributed by atoms with E-state index in [9.17, 15) is 0 Å². The number of hydrazine groups is 1. The van der Waals surface area contributed by atoms with Crippen molar-refractivity contribution >= 4 is 0 Å². The van der Waals surface area contributed by atoms with Crippen LogP contribution in [0.4, 0.5) is 0 Å². The summed E-state index contributed by atoms with van der Waals surface area (Å²) in [4.78, 5) is 0. The zero-order valence-electron chi connectivity index (χ0n) is 11.8. The molecular weight excluding hydrogens is 228 g/mol. The summed E-state index contributed by atoms with van der Waals surface area (Å²) in [6.07, 6.45) is 8.43. The Balaban J connectivity index is 1.97. The highest BCUT2D eigenvalue weighted by atomic mass is 16.5. The lowest BCUT2D eigenvalue weighted by Gasteiger charge is -2.49. The van der Waals surface area contributed by atoms with Crippen LogP contribution in [0, 0.1) is 5.92 Å². The smallest absolute Gasteiger partial charge is 0.0740 e. The van der Waals surface area contributed by atoms with Gasteiger partial charge in [0.2, 0.25) is 0 Å². The summed E-state index contributed by atoms with van der Waals surface area (Å²) >= 11 is 0. The molecule has 3 atom stereocenters. The molecule has 2 aliphatic rings. The first-order valence-electron chi connectivity index (χ1n) is 7.37. The lowest BCUT2D eigenvalue weighted by atomic mass is 9.69. The number of rotatable bonds is 6. The van der Waals surface area contributed by atoms with Crippen LogP contribution in [0.3, 0.4) is 0 Å². The molecule has 2 rings (SSSR count). The highest BCUT2D eigenvalue weighted by Crippen LogP contribution is 2.45. The predicted molar refractivity (Wildman–Crippen MR) is 72.1 cm³/mol. The summed E-state index contributed by atoms with van der Waals surface area (Å²) in [5.74, 6) is 6.37. The van der Waals surface area contributed by atoms with Crippen LogP contribution in [0.1, 0.15) is 51.9 Å². The molecular formula is C14H28N2O2. The number of ether oxygens (including phenoxy) is 2. The fourth-order valence-electron chi connectivity index (χ4n) is 3.57. The first-order valence-corrected chi connectivity index (χ1v) is 7.37. The SMILES string of the molecule is CCCC(OC)C(NN)C1CCOC2(CCC2)C1. The highest BCUT2D eigenvalue weighted by Gasteiger charge is 2.45. The maximum atomic E-state index is 5.99. The van der Waals surface area contributed by atoms with Gasteiger partial charge in [-0.1, -0.05) is 13.3 Å². The minimum atomic E-state index is 0.183. The number of nitrogens with two attached hydrogens (primary N) is 1. The molecule has 0 amide bonds. The molecule has 2 fully saturated rings.